The zero-order chi connectivity index (χ0) is 19.2. The third kappa shape index (κ3) is 4.65. The number of hydrogen-bond donors (Lipinski definition) is 1. The Morgan fingerprint density at radius 3 is 2.70 bits per heavy atom. The van der Waals surface area contributed by atoms with Gasteiger partial charge in [0.2, 0.25) is 11.7 Å². The van der Waals surface area contributed by atoms with Crippen molar-refractivity contribution in [2.45, 2.75) is 32.9 Å². The van der Waals surface area contributed by atoms with Crippen LogP contribution in [0.3, 0.4) is 0 Å². The maximum Gasteiger partial charge on any atom is 0.261 e. The predicted octanol–water partition coefficient (Wildman–Crippen LogP) is 4.17. The smallest absolute Gasteiger partial charge is 0.261 e. The highest BCUT2D eigenvalue weighted by Crippen LogP contribution is 2.24. The highest BCUT2D eigenvalue weighted by atomic mass is 35.5. The summed E-state index contributed by atoms with van der Waals surface area (Å²) in [7, 11) is 0. The van der Waals surface area contributed by atoms with E-state index in [1.165, 1.54) is 0 Å². The van der Waals surface area contributed by atoms with Crippen LogP contribution >= 0.6 is 11.6 Å². The topological polar surface area (TPSA) is 77.2 Å². The van der Waals surface area contributed by atoms with Gasteiger partial charge in [0.1, 0.15) is 5.75 Å². The van der Waals surface area contributed by atoms with Crippen molar-refractivity contribution in [2.75, 3.05) is 0 Å². The molecule has 1 atom stereocenters. The molecule has 1 N–H and O–H groups in total. The molecule has 0 aliphatic rings. The van der Waals surface area contributed by atoms with Crippen molar-refractivity contribution >= 4 is 17.5 Å². The Morgan fingerprint density at radius 2 is 1.96 bits per heavy atom. The van der Waals surface area contributed by atoms with E-state index in [1.54, 1.807) is 12.1 Å². The molecule has 0 aliphatic carbocycles. The average Bonchev–Trinajstić information content (AvgIpc) is 3.14. The molecule has 0 radical (unpaired) electrons. The van der Waals surface area contributed by atoms with E-state index >= 15 is 0 Å². The molecule has 140 valence electrons. The number of nitrogens with one attached hydrogen (secondary N) is 1. The van der Waals surface area contributed by atoms with E-state index in [4.69, 9.17) is 20.9 Å². The molecule has 0 saturated carbocycles. The van der Waals surface area contributed by atoms with Crippen LogP contribution in [-0.2, 0) is 11.3 Å². The first kappa shape index (κ1) is 18.9. The normalized spacial score (nSPS) is 11.8. The number of benzene rings is 2. The summed E-state index contributed by atoms with van der Waals surface area (Å²) in [6.45, 7) is 3.95. The molecule has 1 heterocycles. The molecule has 6 nitrogen and oxygen atoms in total. The van der Waals surface area contributed by atoms with Gasteiger partial charge < -0.3 is 14.6 Å². The highest BCUT2D eigenvalue weighted by Gasteiger charge is 2.20. The van der Waals surface area contributed by atoms with E-state index in [1.807, 2.05) is 50.2 Å². The zero-order valence-electron chi connectivity index (χ0n) is 15.1. The number of hydrogen-bond acceptors (Lipinski definition) is 5. The monoisotopic (exact) mass is 385 g/mol. The molecule has 0 spiro atoms. The molecule has 1 amide bonds. The first-order chi connectivity index (χ1) is 13.1. The van der Waals surface area contributed by atoms with Crippen molar-refractivity contribution in [2.24, 2.45) is 0 Å². The van der Waals surface area contributed by atoms with Gasteiger partial charge in [-0.1, -0.05) is 54.0 Å². The Hall–Kier alpha value is -2.86. The fourth-order valence-electron chi connectivity index (χ4n) is 2.52. The first-order valence-corrected chi connectivity index (χ1v) is 9.03. The third-order valence-electron chi connectivity index (χ3n) is 4.02. The maximum absolute atomic E-state index is 12.4. The number of halogens is 1. The summed E-state index contributed by atoms with van der Waals surface area (Å²) in [6, 6.07) is 14.8. The van der Waals surface area contributed by atoms with Gasteiger partial charge in [0.15, 0.2) is 6.10 Å². The highest BCUT2D eigenvalue weighted by molar-refractivity contribution is 6.33. The Kier molecular flexibility index (Phi) is 6.08. The molecule has 0 aliphatic heterocycles. The second-order valence-electron chi connectivity index (χ2n) is 5.99. The summed E-state index contributed by atoms with van der Waals surface area (Å²) in [5.74, 6) is 1.13. The minimum Gasteiger partial charge on any atom is -0.480 e. The lowest BCUT2D eigenvalue weighted by Gasteiger charge is -2.18. The molecule has 27 heavy (non-hydrogen) atoms. The lowest BCUT2D eigenvalue weighted by Crippen LogP contribution is -2.37. The Morgan fingerprint density at radius 1 is 1.22 bits per heavy atom. The molecule has 7 heteroatoms. The molecule has 3 aromatic rings. The number of para-hydroxylation sites is 1. The summed E-state index contributed by atoms with van der Waals surface area (Å²) in [6.07, 6.45) is -0.0634. The molecular weight excluding hydrogens is 366 g/mol. The molecule has 0 bridgehead atoms. The standard InChI is InChI=1S/C20H20ClN3O3/c1-3-16(26-17-11-7-4-8-13(17)2)20(25)22-12-18-23-19(24-27-18)14-9-5-6-10-15(14)21/h4-11,16H,3,12H2,1-2H3,(H,22,25)/t16-/m1/s1. The molecular formula is C20H20ClN3O3. The van der Waals surface area contributed by atoms with Crippen molar-refractivity contribution in [1.82, 2.24) is 15.5 Å². The van der Waals surface area contributed by atoms with Gasteiger partial charge in [-0.05, 0) is 37.1 Å². The number of aromatic nitrogens is 2. The summed E-state index contributed by atoms with van der Waals surface area (Å²) in [5.41, 5.74) is 1.65. The van der Waals surface area contributed by atoms with Gasteiger partial charge in [0.05, 0.1) is 11.6 Å². The molecule has 3 rings (SSSR count). The van der Waals surface area contributed by atoms with Crippen molar-refractivity contribution < 1.29 is 14.1 Å². The summed E-state index contributed by atoms with van der Waals surface area (Å²) in [4.78, 5) is 16.7. The van der Waals surface area contributed by atoms with E-state index in [2.05, 4.69) is 15.5 Å². The summed E-state index contributed by atoms with van der Waals surface area (Å²) in [5, 5.41) is 7.23. The number of rotatable bonds is 7. The van der Waals surface area contributed by atoms with E-state index in [9.17, 15) is 4.79 Å². The molecule has 0 fully saturated rings. The number of nitrogens with zero attached hydrogens (tertiary/aromatic N) is 2. The van der Waals surface area contributed by atoms with Gasteiger partial charge in [-0.3, -0.25) is 4.79 Å². The lowest BCUT2D eigenvalue weighted by molar-refractivity contribution is -0.128. The van der Waals surface area contributed by atoms with Gasteiger partial charge in [-0.2, -0.15) is 4.98 Å². The largest absolute Gasteiger partial charge is 0.480 e. The van der Waals surface area contributed by atoms with E-state index in [0.717, 1.165) is 5.56 Å². The van der Waals surface area contributed by atoms with Gasteiger partial charge >= 0.3 is 0 Å². The third-order valence-corrected chi connectivity index (χ3v) is 4.35. The average molecular weight is 386 g/mol. The fourth-order valence-corrected chi connectivity index (χ4v) is 2.74. The van der Waals surface area contributed by atoms with Gasteiger partial charge in [0.25, 0.3) is 5.91 Å². The van der Waals surface area contributed by atoms with Crippen molar-refractivity contribution in [1.29, 1.82) is 0 Å². The zero-order valence-corrected chi connectivity index (χ0v) is 15.9. The van der Waals surface area contributed by atoms with Gasteiger partial charge in [-0.15, -0.1) is 0 Å². The number of carbonyl (C=O) groups is 1. The second kappa shape index (κ2) is 8.68. The van der Waals surface area contributed by atoms with Crippen LogP contribution in [0.15, 0.2) is 53.1 Å². The molecule has 1 aromatic heterocycles. The van der Waals surface area contributed by atoms with Crippen molar-refractivity contribution in [3.63, 3.8) is 0 Å². The number of carbonyl (C=O) groups excluding carboxylic acids is 1. The minimum atomic E-state index is -0.600. The van der Waals surface area contributed by atoms with Crippen molar-refractivity contribution in [3.05, 3.63) is 65.0 Å². The first-order valence-electron chi connectivity index (χ1n) is 8.66. The van der Waals surface area contributed by atoms with Crippen LogP contribution in [0.4, 0.5) is 0 Å². The Balaban J connectivity index is 1.61. The Bertz CT molecular complexity index is 926. The van der Waals surface area contributed by atoms with Crippen molar-refractivity contribution in [3.8, 4) is 17.1 Å². The maximum atomic E-state index is 12.4. The van der Waals surface area contributed by atoms with Gasteiger partial charge in [0, 0.05) is 5.56 Å². The summed E-state index contributed by atoms with van der Waals surface area (Å²) >= 11 is 6.14. The van der Waals surface area contributed by atoms with Crippen LogP contribution in [0, 0.1) is 6.92 Å². The molecule has 2 aromatic carbocycles. The second-order valence-corrected chi connectivity index (χ2v) is 6.40. The van der Waals surface area contributed by atoms with E-state index < -0.39 is 6.10 Å². The number of ether oxygens (including phenoxy) is 1. The fraction of sp³-hybridized carbons (Fsp3) is 0.250. The SMILES string of the molecule is CC[C@@H](Oc1ccccc1C)C(=O)NCc1nc(-c2ccccc2Cl)no1. The summed E-state index contributed by atoms with van der Waals surface area (Å²) < 4.78 is 11.0. The van der Waals surface area contributed by atoms with Crippen LogP contribution in [0.1, 0.15) is 24.8 Å². The Labute approximate surface area is 162 Å². The molecule has 0 unspecified atom stereocenters. The number of aryl methyl sites for hydroxylation is 1. The van der Waals surface area contributed by atoms with Crippen LogP contribution in [-0.4, -0.2) is 22.2 Å². The van der Waals surface area contributed by atoms with E-state index in [0.29, 0.717) is 34.5 Å². The number of amides is 1. The minimum absolute atomic E-state index is 0.115. The molecule has 0 saturated heterocycles. The predicted molar refractivity (Wildman–Crippen MR) is 102 cm³/mol. The van der Waals surface area contributed by atoms with Crippen LogP contribution in [0.25, 0.3) is 11.4 Å². The quantitative estimate of drug-likeness (QED) is 0.660. The lowest BCUT2D eigenvalue weighted by atomic mass is 10.2. The van der Waals surface area contributed by atoms with Crippen LogP contribution < -0.4 is 10.1 Å². The van der Waals surface area contributed by atoms with Crippen LogP contribution in [0.2, 0.25) is 5.02 Å². The van der Waals surface area contributed by atoms with Crippen LogP contribution in [0.5, 0.6) is 5.75 Å². The van der Waals surface area contributed by atoms with E-state index in [-0.39, 0.29) is 12.5 Å². The van der Waals surface area contributed by atoms with Gasteiger partial charge in [-0.25, -0.2) is 0 Å².